The van der Waals surface area contributed by atoms with Gasteiger partial charge in [0.05, 0.1) is 17.9 Å². The summed E-state index contributed by atoms with van der Waals surface area (Å²) in [5.74, 6) is -0.0533. The first kappa shape index (κ1) is 12.8. The molecule has 0 bridgehead atoms. The first-order valence-corrected chi connectivity index (χ1v) is 6.16. The second-order valence-electron chi connectivity index (χ2n) is 4.75. The first-order chi connectivity index (χ1) is 8.58. The molecular weight excluding hydrogens is 232 g/mol. The average molecular weight is 250 g/mol. The van der Waals surface area contributed by atoms with Crippen molar-refractivity contribution in [3.05, 3.63) is 28.4 Å². The lowest BCUT2D eigenvalue weighted by Gasteiger charge is -2.35. The highest BCUT2D eigenvalue weighted by Crippen LogP contribution is 2.25. The van der Waals surface area contributed by atoms with Crippen molar-refractivity contribution in [2.45, 2.75) is 31.7 Å². The molecule has 1 fully saturated rings. The van der Waals surface area contributed by atoms with Crippen molar-refractivity contribution in [1.29, 1.82) is 0 Å². The largest absolute Gasteiger partial charge is 0.368 e. The molecule has 18 heavy (non-hydrogen) atoms. The summed E-state index contributed by atoms with van der Waals surface area (Å²) in [6.07, 6.45) is 4.97. The van der Waals surface area contributed by atoms with Crippen molar-refractivity contribution in [2.75, 3.05) is 13.1 Å². The highest BCUT2D eigenvalue weighted by molar-refractivity contribution is 5.79. The fourth-order valence-electron chi connectivity index (χ4n) is 2.36. The van der Waals surface area contributed by atoms with Crippen LogP contribution in [0.2, 0.25) is 0 Å². The topological polar surface area (TPSA) is 92.1 Å². The summed E-state index contributed by atoms with van der Waals surface area (Å²) >= 11 is 0. The molecule has 1 aromatic rings. The van der Waals surface area contributed by atoms with Crippen molar-refractivity contribution < 1.29 is 4.79 Å². The van der Waals surface area contributed by atoms with E-state index in [1.807, 2.05) is 6.92 Å². The summed E-state index contributed by atoms with van der Waals surface area (Å²) in [5, 5.41) is 0. The van der Waals surface area contributed by atoms with Gasteiger partial charge in [0.2, 0.25) is 5.91 Å². The number of H-pyrrole nitrogens is 1. The van der Waals surface area contributed by atoms with Gasteiger partial charge >= 0.3 is 0 Å². The number of primary amides is 1. The molecule has 0 aromatic carbocycles. The predicted molar refractivity (Wildman–Crippen MR) is 67.1 cm³/mol. The average Bonchev–Trinajstić information content (AvgIpc) is 2.38. The third kappa shape index (κ3) is 2.76. The van der Waals surface area contributed by atoms with Gasteiger partial charge in [0.15, 0.2) is 0 Å². The van der Waals surface area contributed by atoms with Gasteiger partial charge in [-0.15, -0.1) is 0 Å². The van der Waals surface area contributed by atoms with Gasteiger partial charge in [-0.05, 0) is 26.3 Å². The van der Waals surface area contributed by atoms with Crippen LogP contribution in [-0.2, 0) is 4.79 Å². The number of nitrogens with two attached hydrogens (primary N) is 1. The minimum Gasteiger partial charge on any atom is -0.368 e. The smallest absolute Gasteiger partial charge is 0.266 e. The Labute approximate surface area is 105 Å². The molecule has 0 aliphatic carbocycles. The van der Waals surface area contributed by atoms with Crippen LogP contribution < -0.4 is 11.3 Å². The lowest BCUT2D eigenvalue weighted by molar-refractivity contribution is -0.123. The Morgan fingerprint density at radius 2 is 2.44 bits per heavy atom. The van der Waals surface area contributed by atoms with E-state index in [1.54, 1.807) is 6.20 Å². The van der Waals surface area contributed by atoms with Crippen LogP contribution in [0, 0.1) is 0 Å². The molecule has 0 spiro atoms. The van der Waals surface area contributed by atoms with Gasteiger partial charge in [-0.25, -0.2) is 0 Å². The molecule has 1 aliphatic heterocycles. The van der Waals surface area contributed by atoms with E-state index in [2.05, 4.69) is 14.9 Å². The molecule has 6 heteroatoms. The van der Waals surface area contributed by atoms with Crippen molar-refractivity contribution in [3.8, 4) is 0 Å². The number of nitrogens with one attached hydrogen (secondary N) is 1. The molecule has 0 radical (unpaired) electrons. The number of likely N-dealkylation sites (tertiary alicyclic amines) is 1. The summed E-state index contributed by atoms with van der Waals surface area (Å²) < 4.78 is 0. The van der Waals surface area contributed by atoms with E-state index in [9.17, 15) is 9.59 Å². The number of hydrogen-bond donors (Lipinski definition) is 2. The molecule has 2 rings (SSSR count). The molecule has 0 saturated carbocycles. The van der Waals surface area contributed by atoms with Gasteiger partial charge in [-0.2, -0.15) is 0 Å². The Kier molecular flexibility index (Phi) is 3.76. The van der Waals surface area contributed by atoms with Crippen molar-refractivity contribution in [3.63, 3.8) is 0 Å². The molecule has 3 N–H and O–H groups in total. The lowest BCUT2D eigenvalue weighted by Crippen LogP contribution is -2.47. The summed E-state index contributed by atoms with van der Waals surface area (Å²) in [6.45, 7) is 3.46. The maximum Gasteiger partial charge on any atom is 0.266 e. The minimum atomic E-state index is -0.301. The highest BCUT2D eigenvalue weighted by Gasteiger charge is 2.27. The van der Waals surface area contributed by atoms with Crippen LogP contribution in [-0.4, -0.2) is 39.9 Å². The van der Waals surface area contributed by atoms with Gasteiger partial charge in [0.1, 0.15) is 0 Å². The maximum absolute atomic E-state index is 11.2. The molecule has 98 valence electrons. The van der Waals surface area contributed by atoms with E-state index >= 15 is 0 Å². The summed E-state index contributed by atoms with van der Waals surface area (Å²) in [7, 11) is 0. The number of hydrogen-bond acceptors (Lipinski definition) is 4. The number of aromatic nitrogens is 2. The third-order valence-electron chi connectivity index (χ3n) is 3.52. The zero-order chi connectivity index (χ0) is 13.1. The minimum absolute atomic E-state index is 0.197. The van der Waals surface area contributed by atoms with Crippen LogP contribution in [0.1, 0.15) is 31.4 Å². The van der Waals surface area contributed by atoms with Crippen LogP contribution >= 0.6 is 0 Å². The van der Waals surface area contributed by atoms with Gasteiger partial charge in [0, 0.05) is 18.7 Å². The predicted octanol–water partition coefficient (Wildman–Crippen LogP) is -0.177. The zero-order valence-corrected chi connectivity index (χ0v) is 10.4. The number of carbonyl (C=O) groups excluding carboxylic acids is 1. The van der Waals surface area contributed by atoms with Crippen LogP contribution in [0.25, 0.3) is 0 Å². The standard InChI is InChI=1S/C12H18N4O2/c1-8(12(13)18)16-4-2-3-9(7-16)10-5-15-11(17)6-14-10/h5-6,8-9H,2-4,7H2,1H3,(H2,13,18)(H,15,17)/t8-,9?/m1/s1. The summed E-state index contributed by atoms with van der Waals surface area (Å²) in [5.41, 5.74) is 6.00. The number of aromatic amines is 1. The Morgan fingerprint density at radius 3 is 3.06 bits per heavy atom. The van der Waals surface area contributed by atoms with Crippen molar-refractivity contribution in [1.82, 2.24) is 14.9 Å². The third-order valence-corrected chi connectivity index (χ3v) is 3.52. The number of carbonyl (C=O) groups is 1. The molecule has 2 heterocycles. The molecule has 1 aromatic heterocycles. The molecule has 1 unspecified atom stereocenters. The second-order valence-corrected chi connectivity index (χ2v) is 4.75. The van der Waals surface area contributed by atoms with E-state index < -0.39 is 0 Å². The van der Waals surface area contributed by atoms with Crippen molar-refractivity contribution in [2.24, 2.45) is 5.73 Å². The number of nitrogens with zero attached hydrogens (tertiary/aromatic N) is 2. The normalized spacial score (nSPS) is 22.6. The fraction of sp³-hybridized carbons (Fsp3) is 0.583. The van der Waals surface area contributed by atoms with Gasteiger partial charge < -0.3 is 10.7 Å². The van der Waals surface area contributed by atoms with Gasteiger partial charge in [-0.1, -0.05) is 0 Å². The van der Waals surface area contributed by atoms with Crippen LogP contribution in [0.5, 0.6) is 0 Å². The van der Waals surface area contributed by atoms with Gasteiger partial charge in [0.25, 0.3) is 5.56 Å². The van der Waals surface area contributed by atoms with E-state index in [1.165, 1.54) is 6.20 Å². The van der Waals surface area contributed by atoms with E-state index in [4.69, 9.17) is 5.73 Å². The van der Waals surface area contributed by atoms with E-state index in [0.717, 1.165) is 31.6 Å². The second kappa shape index (κ2) is 5.30. The monoisotopic (exact) mass is 250 g/mol. The van der Waals surface area contributed by atoms with Crippen LogP contribution in [0.4, 0.5) is 0 Å². The SMILES string of the molecule is C[C@H](C(N)=O)N1CCCC(c2c[nH]c(=O)cn2)C1. The van der Waals surface area contributed by atoms with Crippen molar-refractivity contribution >= 4 is 5.91 Å². The number of rotatable bonds is 3. The lowest BCUT2D eigenvalue weighted by atomic mass is 9.94. The first-order valence-electron chi connectivity index (χ1n) is 6.16. The Bertz CT molecular complexity index is 465. The quantitative estimate of drug-likeness (QED) is 0.778. The molecule has 2 atom stereocenters. The van der Waals surface area contributed by atoms with E-state index in [0.29, 0.717) is 0 Å². The molecule has 1 saturated heterocycles. The summed E-state index contributed by atoms with van der Waals surface area (Å²) in [4.78, 5) is 31.0. The molecule has 1 amide bonds. The molecular formula is C12H18N4O2. The number of piperidine rings is 1. The van der Waals surface area contributed by atoms with Crippen LogP contribution in [0.3, 0.4) is 0 Å². The highest BCUT2D eigenvalue weighted by atomic mass is 16.1. The zero-order valence-electron chi connectivity index (χ0n) is 10.4. The number of amides is 1. The fourth-order valence-corrected chi connectivity index (χ4v) is 2.36. The van der Waals surface area contributed by atoms with Gasteiger partial charge in [-0.3, -0.25) is 19.5 Å². The maximum atomic E-state index is 11.2. The Hall–Kier alpha value is -1.69. The molecule has 6 nitrogen and oxygen atoms in total. The summed E-state index contributed by atoms with van der Waals surface area (Å²) in [6, 6.07) is -0.254. The van der Waals surface area contributed by atoms with Crippen LogP contribution in [0.15, 0.2) is 17.2 Å². The van der Waals surface area contributed by atoms with E-state index in [-0.39, 0.29) is 23.4 Å². The molecule has 1 aliphatic rings. The Morgan fingerprint density at radius 1 is 1.67 bits per heavy atom. The Balaban J connectivity index is 2.09.